The maximum atomic E-state index is 11.6. The lowest BCUT2D eigenvalue weighted by Crippen LogP contribution is -2.44. The second-order valence-corrected chi connectivity index (χ2v) is 3.75. The molecule has 3 N–H and O–H groups in total. The highest BCUT2D eigenvalue weighted by molar-refractivity contribution is 5.97. The van der Waals surface area contributed by atoms with E-state index in [-0.39, 0.29) is 0 Å². The zero-order chi connectivity index (χ0) is 14.3. The number of urea groups is 1. The zero-order valence-corrected chi connectivity index (χ0v) is 11.2. The average Bonchev–Trinajstić information content (AvgIpc) is 2.41. The van der Waals surface area contributed by atoms with Crippen molar-refractivity contribution in [3.05, 3.63) is 18.3 Å². The third-order valence-electron chi connectivity index (χ3n) is 2.27. The summed E-state index contributed by atoms with van der Waals surface area (Å²) in [6.07, 6.45) is 1.56. The second-order valence-electron chi connectivity index (χ2n) is 3.75. The fourth-order valence-corrected chi connectivity index (χ4v) is 1.30. The van der Waals surface area contributed by atoms with Gasteiger partial charge in [-0.25, -0.2) is 9.78 Å². The van der Waals surface area contributed by atoms with Crippen LogP contribution in [0.15, 0.2) is 18.3 Å². The van der Waals surface area contributed by atoms with Crippen molar-refractivity contribution in [3.63, 3.8) is 0 Å². The topological polar surface area (TPSA) is 92.4 Å². The molecule has 0 spiro atoms. The molecule has 0 aliphatic carbocycles. The zero-order valence-electron chi connectivity index (χ0n) is 11.2. The minimum Gasteiger partial charge on any atom is -0.478 e. The van der Waals surface area contributed by atoms with E-state index < -0.39 is 18.0 Å². The second kappa shape index (κ2) is 7.20. The molecule has 0 aromatic carbocycles. The molecule has 1 unspecified atom stereocenters. The summed E-state index contributed by atoms with van der Waals surface area (Å²) >= 11 is 0. The molecule has 0 radical (unpaired) electrons. The Morgan fingerprint density at radius 3 is 2.68 bits per heavy atom. The van der Waals surface area contributed by atoms with Crippen LogP contribution >= 0.6 is 0 Å². The molecule has 104 valence electrons. The van der Waals surface area contributed by atoms with Gasteiger partial charge in [0.1, 0.15) is 6.04 Å². The molecule has 0 saturated carbocycles. The number of carbonyl (C=O) groups is 2. The van der Waals surface area contributed by atoms with Crippen LogP contribution in [-0.4, -0.2) is 36.6 Å². The highest BCUT2D eigenvalue weighted by Gasteiger charge is 2.14. The van der Waals surface area contributed by atoms with Crippen LogP contribution in [0.3, 0.4) is 0 Å². The maximum absolute atomic E-state index is 11.6. The van der Waals surface area contributed by atoms with Crippen molar-refractivity contribution in [2.75, 3.05) is 19.0 Å². The lowest BCUT2D eigenvalue weighted by atomic mass is 10.3. The van der Waals surface area contributed by atoms with E-state index in [0.717, 1.165) is 0 Å². The number of pyridine rings is 1. The number of anilines is 1. The molecule has 7 nitrogen and oxygen atoms in total. The summed E-state index contributed by atoms with van der Waals surface area (Å²) < 4.78 is 5.21. The van der Waals surface area contributed by atoms with Crippen LogP contribution in [0.1, 0.15) is 13.8 Å². The van der Waals surface area contributed by atoms with Crippen LogP contribution in [-0.2, 0) is 4.79 Å². The first-order valence-electron chi connectivity index (χ1n) is 5.94. The van der Waals surface area contributed by atoms with E-state index in [0.29, 0.717) is 18.2 Å². The summed E-state index contributed by atoms with van der Waals surface area (Å²) in [5, 5.41) is 7.42. The Labute approximate surface area is 111 Å². The number of hydrogen-bond donors (Lipinski definition) is 3. The quantitative estimate of drug-likeness (QED) is 0.731. The Morgan fingerprint density at radius 2 is 2.16 bits per heavy atom. The molecule has 1 aromatic rings. The molecule has 19 heavy (non-hydrogen) atoms. The van der Waals surface area contributed by atoms with Crippen molar-refractivity contribution in [1.29, 1.82) is 0 Å². The molecule has 0 fully saturated rings. The van der Waals surface area contributed by atoms with E-state index in [2.05, 4.69) is 20.9 Å². The number of amides is 3. The van der Waals surface area contributed by atoms with Crippen molar-refractivity contribution in [3.8, 4) is 5.88 Å². The van der Waals surface area contributed by atoms with Gasteiger partial charge in [0.15, 0.2) is 0 Å². The summed E-state index contributed by atoms with van der Waals surface area (Å²) in [4.78, 5) is 26.7. The Kier molecular flexibility index (Phi) is 5.59. The van der Waals surface area contributed by atoms with Crippen molar-refractivity contribution in [2.45, 2.75) is 19.9 Å². The predicted octanol–water partition coefficient (Wildman–Crippen LogP) is 0.736. The van der Waals surface area contributed by atoms with E-state index in [4.69, 9.17) is 4.74 Å². The molecule has 1 atom stereocenters. The van der Waals surface area contributed by atoms with Crippen LogP contribution in [0.5, 0.6) is 5.88 Å². The number of rotatable bonds is 5. The summed E-state index contributed by atoms with van der Waals surface area (Å²) in [6, 6.07) is 2.36. The Hall–Kier alpha value is -2.31. The van der Waals surface area contributed by atoms with Crippen molar-refractivity contribution in [1.82, 2.24) is 15.6 Å². The van der Waals surface area contributed by atoms with Gasteiger partial charge in [0.05, 0.1) is 18.5 Å². The van der Waals surface area contributed by atoms with Crippen molar-refractivity contribution >= 4 is 17.6 Å². The van der Waals surface area contributed by atoms with Crippen LogP contribution < -0.4 is 20.7 Å². The van der Waals surface area contributed by atoms with Gasteiger partial charge in [-0.3, -0.25) is 10.1 Å². The lowest BCUT2D eigenvalue weighted by molar-refractivity contribution is -0.120. The molecule has 0 bridgehead atoms. The fourth-order valence-electron chi connectivity index (χ4n) is 1.30. The summed E-state index contributed by atoms with van der Waals surface area (Å²) in [6.45, 7) is 4.07. The molecule has 1 aromatic heterocycles. The van der Waals surface area contributed by atoms with Gasteiger partial charge in [0.25, 0.3) is 0 Å². The number of ether oxygens (including phenoxy) is 1. The van der Waals surface area contributed by atoms with Crippen LogP contribution in [0.2, 0.25) is 0 Å². The number of aromatic nitrogens is 1. The van der Waals surface area contributed by atoms with Gasteiger partial charge in [-0.05, 0) is 19.9 Å². The van der Waals surface area contributed by atoms with Crippen LogP contribution in [0.4, 0.5) is 10.5 Å². The molecule has 3 amide bonds. The first-order chi connectivity index (χ1) is 9.06. The molecule has 7 heteroatoms. The van der Waals surface area contributed by atoms with Crippen LogP contribution in [0, 0.1) is 0 Å². The van der Waals surface area contributed by atoms with Gasteiger partial charge in [-0.1, -0.05) is 0 Å². The standard InChI is InChI=1S/C12H18N4O3/c1-4-19-10-6-5-9(7-14-10)15-8(2)11(17)16-12(18)13-3/h5-8,15H,4H2,1-3H3,(H2,13,16,17,18). The van der Waals surface area contributed by atoms with Gasteiger partial charge in [-0.2, -0.15) is 0 Å². The highest BCUT2D eigenvalue weighted by Crippen LogP contribution is 2.12. The monoisotopic (exact) mass is 266 g/mol. The SMILES string of the molecule is CCOc1ccc(NC(C)C(=O)NC(=O)NC)cn1. The molecule has 0 aliphatic rings. The first kappa shape index (κ1) is 14.7. The van der Waals surface area contributed by atoms with E-state index in [1.54, 1.807) is 25.3 Å². The number of nitrogens with one attached hydrogen (secondary N) is 3. The van der Waals surface area contributed by atoms with Gasteiger partial charge in [0, 0.05) is 13.1 Å². The molecule has 1 rings (SSSR count). The lowest BCUT2D eigenvalue weighted by Gasteiger charge is -2.14. The highest BCUT2D eigenvalue weighted by atomic mass is 16.5. The number of carbonyl (C=O) groups excluding carboxylic acids is 2. The van der Waals surface area contributed by atoms with Crippen LogP contribution in [0.25, 0.3) is 0 Å². The summed E-state index contributed by atoms with van der Waals surface area (Å²) in [5.74, 6) is 0.101. The van der Waals surface area contributed by atoms with E-state index >= 15 is 0 Å². The van der Waals surface area contributed by atoms with Crippen molar-refractivity contribution < 1.29 is 14.3 Å². The molecular weight excluding hydrogens is 248 g/mol. The molecule has 1 heterocycles. The third-order valence-corrected chi connectivity index (χ3v) is 2.27. The maximum Gasteiger partial charge on any atom is 0.321 e. The molecule has 0 saturated heterocycles. The van der Waals surface area contributed by atoms with Gasteiger partial charge in [-0.15, -0.1) is 0 Å². The minimum absolute atomic E-state index is 0.423. The largest absolute Gasteiger partial charge is 0.478 e. The van der Waals surface area contributed by atoms with Gasteiger partial charge < -0.3 is 15.4 Å². The van der Waals surface area contributed by atoms with E-state index in [9.17, 15) is 9.59 Å². The summed E-state index contributed by atoms with van der Waals surface area (Å²) in [5.41, 5.74) is 0.669. The minimum atomic E-state index is -0.558. The Balaban J connectivity index is 2.53. The molecular formula is C12H18N4O3. The first-order valence-corrected chi connectivity index (χ1v) is 5.94. The number of hydrogen-bond acceptors (Lipinski definition) is 5. The summed E-state index contributed by atoms with van der Waals surface area (Å²) in [7, 11) is 1.44. The Bertz CT molecular complexity index is 433. The third kappa shape index (κ3) is 4.82. The Morgan fingerprint density at radius 1 is 1.42 bits per heavy atom. The predicted molar refractivity (Wildman–Crippen MR) is 71.1 cm³/mol. The molecule has 0 aliphatic heterocycles. The number of nitrogens with zero attached hydrogens (tertiary/aromatic N) is 1. The number of imide groups is 1. The average molecular weight is 266 g/mol. The van der Waals surface area contributed by atoms with E-state index in [1.165, 1.54) is 7.05 Å². The smallest absolute Gasteiger partial charge is 0.321 e. The van der Waals surface area contributed by atoms with Gasteiger partial charge in [0.2, 0.25) is 11.8 Å². The van der Waals surface area contributed by atoms with Crippen molar-refractivity contribution in [2.24, 2.45) is 0 Å². The normalized spacial score (nSPS) is 11.3. The van der Waals surface area contributed by atoms with Gasteiger partial charge >= 0.3 is 6.03 Å². The van der Waals surface area contributed by atoms with E-state index in [1.807, 2.05) is 6.92 Å². The fraction of sp³-hybridized carbons (Fsp3) is 0.417.